The summed E-state index contributed by atoms with van der Waals surface area (Å²) in [7, 11) is 2.01. The Bertz CT molecular complexity index is 482. The van der Waals surface area contributed by atoms with Gasteiger partial charge in [-0.25, -0.2) is 0 Å². The van der Waals surface area contributed by atoms with Crippen molar-refractivity contribution in [1.82, 2.24) is 5.32 Å². The highest BCUT2D eigenvalue weighted by molar-refractivity contribution is 9.11. The molecule has 0 saturated carbocycles. The summed E-state index contributed by atoms with van der Waals surface area (Å²) in [6.07, 6.45) is 1.02. The van der Waals surface area contributed by atoms with E-state index in [-0.39, 0.29) is 0 Å². The Morgan fingerprint density at radius 1 is 1.29 bits per heavy atom. The van der Waals surface area contributed by atoms with Gasteiger partial charge >= 0.3 is 0 Å². The number of nitrogens with one attached hydrogen (secondary N) is 1. The number of halogens is 2. The number of hydrogen-bond donors (Lipinski definition) is 1. The molecule has 4 heteroatoms. The predicted octanol–water partition coefficient (Wildman–Crippen LogP) is 4.78. The Kier molecular flexibility index (Phi) is 4.79. The van der Waals surface area contributed by atoms with Gasteiger partial charge in [-0.15, -0.1) is 11.3 Å². The summed E-state index contributed by atoms with van der Waals surface area (Å²) < 4.78 is 2.24. The van der Waals surface area contributed by atoms with Crippen LogP contribution in [0.4, 0.5) is 0 Å². The van der Waals surface area contributed by atoms with Gasteiger partial charge in [-0.05, 0) is 36.2 Å². The molecular formula is C13H13Br2NS. The van der Waals surface area contributed by atoms with Crippen molar-refractivity contribution in [2.24, 2.45) is 0 Å². The maximum absolute atomic E-state index is 3.63. The Morgan fingerprint density at radius 3 is 2.71 bits per heavy atom. The van der Waals surface area contributed by atoms with Crippen molar-refractivity contribution in [2.75, 3.05) is 7.05 Å². The third-order valence-electron chi connectivity index (χ3n) is 2.67. The van der Waals surface area contributed by atoms with Crippen LogP contribution in [0.1, 0.15) is 16.5 Å². The van der Waals surface area contributed by atoms with Crippen LogP contribution in [0, 0.1) is 0 Å². The first-order valence-corrected chi connectivity index (χ1v) is 7.82. The molecule has 0 saturated heterocycles. The maximum atomic E-state index is 3.63. The molecule has 1 aromatic heterocycles. The van der Waals surface area contributed by atoms with Gasteiger partial charge in [0.25, 0.3) is 0 Å². The molecule has 1 nitrogen and oxygen atoms in total. The molecule has 0 radical (unpaired) electrons. The second-order valence-corrected chi connectivity index (χ2v) is 6.59. The van der Waals surface area contributed by atoms with Gasteiger partial charge < -0.3 is 5.32 Å². The lowest BCUT2D eigenvalue weighted by Crippen LogP contribution is -2.18. The molecule has 0 aliphatic rings. The third kappa shape index (κ3) is 3.41. The first kappa shape index (κ1) is 13.3. The van der Waals surface area contributed by atoms with Gasteiger partial charge in [0, 0.05) is 26.3 Å². The Morgan fingerprint density at radius 2 is 2.12 bits per heavy atom. The van der Waals surface area contributed by atoms with E-state index in [1.165, 1.54) is 10.4 Å². The number of benzene rings is 1. The molecule has 1 atom stereocenters. The van der Waals surface area contributed by atoms with Crippen LogP contribution in [-0.2, 0) is 6.42 Å². The van der Waals surface area contributed by atoms with Crippen LogP contribution in [0.15, 0.2) is 44.7 Å². The lowest BCUT2D eigenvalue weighted by Gasteiger charge is -2.17. The Balaban J connectivity index is 2.23. The minimum atomic E-state index is 0.344. The van der Waals surface area contributed by atoms with Gasteiger partial charge in [-0.2, -0.15) is 0 Å². The Hall–Kier alpha value is -0.160. The van der Waals surface area contributed by atoms with Crippen molar-refractivity contribution in [3.8, 4) is 0 Å². The fourth-order valence-corrected chi connectivity index (χ4v) is 3.86. The van der Waals surface area contributed by atoms with E-state index in [1.54, 1.807) is 11.3 Å². The van der Waals surface area contributed by atoms with E-state index in [1.807, 2.05) is 7.05 Å². The van der Waals surface area contributed by atoms with E-state index in [4.69, 9.17) is 0 Å². The van der Waals surface area contributed by atoms with Crippen LogP contribution in [-0.4, -0.2) is 7.05 Å². The lowest BCUT2D eigenvalue weighted by atomic mass is 10.0. The van der Waals surface area contributed by atoms with E-state index in [0.29, 0.717) is 6.04 Å². The molecule has 0 fully saturated rings. The molecule has 2 rings (SSSR count). The van der Waals surface area contributed by atoms with E-state index >= 15 is 0 Å². The van der Waals surface area contributed by atoms with E-state index < -0.39 is 0 Å². The average Bonchev–Trinajstić information content (AvgIpc) is 2.79. The van der Waals surface area contributed by atoms with Crippen molar-refractivity contribution in [1.29, 1.82) is 0 Å². The van der Waals surface area contributed by atoms with Crippen molar-refractivity contribution in [3.63, 3.8) is 0 Å². The van der Waals surface area contributed by atoms with Crippen LogP contribution in [0.3, 0.4) is 0 Å². The number of likely N-dealkylation sites (N-methyl/N-ethyl adjacent to an activating group) is 1. The third-order valence-corrected chi connectivity index (χ3v) is 4.75. The second-order valence-electron chi connectivity index (χ2n) is 3.79. The normalized spacial score (nSPS) is 12.6. The van der Waals surface area contributed by atoms with Crippen LogP contribution >= 0.6 is 43.2 Å². The van der Waals surface area contributed by atoms with Gasteiger partial charge in [0.05, 0.1) is 0 Å². The average molecular weight is 375 g/mol. The predicted molar refractivity (Wildman–Crippen MR) is 81.7 cm³/mol. The largest absolute Gasteiger partial charge is 0.313 e. The summed E-state index contributed by atoms with van der Waals surface area (Å²) in [6.45, 7) is 0. The molecule has 1 heterocycles. The Labute approximate surface area is 123 Å². The zero-order chi connectivity index (χ0) is 12.3. The van der Waals surface area contributed by atoms with Gasteiger partial charge in [0.15, 0.2) is 0 Å². The molecule has 90 valence electrons. The summed E-state index contributed by atoms with van der Waals surface area (Å²) in [5.41, 5.74) is 1.30. The summed E-state index contributed by atoms with van der Waals surface area (Å²) >= 11 is 8.91. The van der Waals surface area contributed by atoms with Crippen molar-refractivity contribution in [2.45, 2.75) is 12.5 Å². The standard InChI is InChI=1S/C13H13Br2NS/c1-16-13(8-10-3-2-6-17-10)11-5-4-9(14)7-12(11)15/h2-7,13,16H,8H2,1H3. The van der Waals surface area contributed by atoms with Crippen molar-refractivity contribution < 1.29 is 0 Å². The molecule has 0 amide bonds. The minimum absolute atomic E-state index is 0.344. The zero-order valence-electron chi connectivity index (χ0n) is 9.41. The van der Waals surface area contributed by atoms with Crippen molar-refractivity contribution in [3.05, 3.63) is 55.1 Å². The molecule has 0 aliphatic heterocycles. The van der Waals surface area contributed by atoms with E-state index in [9.17, 15) is 0 Å². The molecule has 1 N–H and O–H groups in total. The molecule has 17 heavy (non-hydrogen) atoms. The van der Waals surface area contributed by atoms with Crippen LogP contribution in [0.2, 0.25) is 0 Å². The molecular weight excluding hydrogens is 362 g/mol. The van der Waals surface area contributed by atoms with Gasteiger partial charge in [-0.1, -0.05) is 44.0 Å². The maximum Gasteiger partial charge on any atom is 0.0377 e. The molecule has 0 spiro atoms. The van der Waals surface area contributed by atoms with Crippen LogP contribution in [0.5, 0.6) is 0 Å². The molecule has 1 aromatic carbocycles. The summed E-state index contributed by atoms with van der Waals surface area (Å²) in [6, 6.07) is 11.0. The topological polar surface area (TPSA) is 12.0 Å². The van der Waals surface area contributed by atoms with Crippen LogP contribution in [0.25, 0.3) is 0 Å². The zero-order valence-corrected chi connectivity index (χ0v) is 13.4. The number of rotatable bonds is 4. The highest BCUT2D eigenvalue weighted by Gasteiger charge is 2.13. The van der Waals surface area contributed by atoms with Gasteiger partial charge in [0.2, 0.25) is 0 Å². The van der Waals surface area contributed by atoms with Gasteiger partial charge in [0.1, 0.15) is 0 Å². The molecule has 1 unspecified atom stereocenters. The second kappa shape index (κ2) is 6.14. The minimum Gasteiger partial charge on any atom is -0.313 e. The first-order valence-electron chi connectivity index (χ1n) is 5.35. The summed E-state index contributed by atoms with van der Waals surface area (Å²) in [5, 5.41) is 5.50. The lowest BCUT2D eigenvalue weighted by molar-refractivity contribution is 0.594. The first-order chi connectivity index (χ1) is 8.20. The van der Waals surface area contributed by atoms with E-state index in [0.717, 1.165) is 15.4 Å². The van der Waals surface area contributed by atoms with Crippen LogP contribution < -0.4 is 5.32 Å². The summed E-state index contributed by atoms with van der Waals surface area (Å²) in [4.78, 5) is 1.40. The SMILES string of the molecule is CNC(Cc1cccs1)c1ccc(Br)cc1Br. The number of hydrogen-bond acceptors (Lipinski definition) is 2. The van der Waals surface area contributed by atoms with Crippen molar-refractivity contribution >= 4 is 43.2 Å². The monoisotopic (exact) mass is 373 g/mol. The fraction of sp³-hybridized carbons (Fsp3) is 0.231. The fourth-order valence-electron chi connectivity index (χ4n) is 1.78. The smallest absolute Gasteiger partial charge is 0.0377 e. The van der Waals surface area contributed by atoms with Gasteiger partial charge in [-0.3, -0.25) is 0 Å². The quantitative estimate of drug-likeness (QED) is 0.812. The van der Waals surface area contributed by atoms with E-state index in [2.05, 4.69) is 72.9 Å². The molecule has 2 aromatic rings. The molecule has 0 bridgehead atoms. The molecule has 0 aliphatic carbocycles. The highest BCUT2D eigenvalue weighted by atomic mass is 79.9. The number of thiophene rings is 1. The summed E-state index contributed by atoms with van der Waals surface area (Å²) in [5.74, 6) is 0. The highest BCUT2D eigenvalue weighted by Crippen LogP contribution is 2.29.